The maximum Gasteiger partial charge on any atom is 0.137 e. The van der Waals surface area contributed by atoms with Gasteiger partial charge >= 0.3 is 0 Å². The summed E-state index contributed by atoms with van der Waals surface area (Å²) in [5.41, 5.74) is 1.33. The Morgan fingerprint density at radius 3 is 2.00 bits per heavy atom. The second-order valence-electron chi connectivity index (χ2n) is 8.02. The Morgan fingerprint density at radius 1 is 0.962 bits per heavy atom. The quantitative estimate of drug-likeness (QED) is 0.525. The molecule has 0 spiro atoms. The molecule has 0 atom stereocenters. The van der Waals surface area contributed by atoms with Gasteiger partial charge in [0, 0.05) is 48.5 Å². The molecule has 2 aliphatic rings. The molecule has 0 aromatic heterocycles. The Balaban J connectivity index is 0.000000486. The molecule has 0 N–H and O–H groups in total. The van der Waals surface area contributed by atoms with Gasteiger partial charge in [-0.1, -0.05) is 75.3 Å². The molecule has 0 saturated heterocycles. The van der Waals surface area contributed by atoms with Crippen LogP contribution < -0.4 is 0 Å². The van der Waals surface area contributed by atoms with Crippen molar-refractivity contribution in [1.82, 2.24) is 4.90 Å². The molecule has 3 rings (SSSR count). The SMILES string of the molecule is C1CCCC1.CC(C)N(CCC(=O)C1CCCC1)Cc1ccccc1.[Fe]. The van der Waals surface area contributed by atoms with Crippen molar-refractivity contribution in [3.8, 4) is 0 Å². The standard InChI is InChI=1S/C18H27NO.C5H10.Fe/c1-15(2)19(14-16-8-4-3-5-9-16)13-12-18(20)17-10-6-7-11-17;1-2-4-5-3-1;/h3-5,8-9,15,17H,6-7,10-14H2,1-2H3;1-5H2;. The largest absolute Gasteiger partial charge is 0.299 e. The molecule has 2 saturated carbocycles. The monoisotopic (exact) mass is 399 g/mol. The van der Waals surface area contributed by atoms with E-state index in [4.69, 9.17) is 0 Å². The zero-order valence-corrected chi connectivity index (χ0v) is 17.8. The maximum atomic E-state index is 12.2. The van der Waals surface area contributed by atoms with Crippen molar-refractivity contribution in [3.05, 3.63) is 35.9 Å². The minimum atomic E-state index is 0. The number of carbonyl (C=O) groups is 1. The van der Waals surface area contributed by atoms with E-state index in [2.05, 4.69) is 43.0 Å². The molecule has 3 heteroatoms. The summed E-state index contributed by atoms with van der Waals surface area (Å²) in [5.74, 6) is 0.849. The molecule has 2 fully saturated rings. The number of benzene rings is 1. The first-order valence-corrected chi connectivity index (χ1v) is 10.5. The number of hydrogen-bond acceptors (Lipinski definition) is 2. The van der Waals surface area contributed by atoms with Crippen LogP contribution in [0.25, 0.3) is 0 Å². The van der Waals surface area contributed by atoms with Crippen LogP contribution in [0, 0.1) is 5.92 Å². The van der Waals surface area contributed by atoms with Crippen LogP contribution in [-0.4, -0.2) is 23.3 Å². The van der Waals surface area contributed by atoms with Gasteiger partial charge in [0.2, 0.25) is 0 Å². The van der Waals surface area contributed by atoms with E-state index in [0.717, 1.165) is 32.4 Å². The fourth-order valence-electron chi connectivity index (χ4n) is 3.93. The smallest absolute Gasteiger partial charge is 0.137 e. The summed E-state index contributed by atoms with van der Waals surface area (Å²) in [5, 5.41) is 0. The van der Waals surface area contributed by atoms with Gasteiger partial charge in [-0.25, -0.2) is 0 Å². The number of nitrogens with zero attached hydrogens (tertiary/aromatic N) is 1. The molecule has 0 aliphatic heterocycles. The summed E-state index contributed by atoms with van der Waals surface area (Å²) in [4.78, 5) is 14.6. The molecule has 2 aliphatic carbocycles. The first-order valence-electron chi connectivity index (χ1n) is 10.5. The average Bonchev–Trinajstić information content (AvgIpc) is 3.35. The molecule has 0 heterocycles. The molecule has 26 heavy (non-hydrogen) atoms. The summed E-state index contributed by atoms with van der Waals surface area (Å²) in [7, 11) is 0. The summed E-state index contributed by atoms with van der Waals surface area (Å²) < 4.78 is 0. The second-order valence-corrected chi connectivity index (χ2v) is 8.02. The summed E-state index contributed by atoms with van der Waals surface area (Å²) in [6.45, 7) is 6.25. The van der Waals surface area contributed by atoms with E-state index in [9.17, 15) is 4.79 Å². The van der Waals surface area contributed by atoms with Gasteiger partial charge in [-0.05, 0) is 32.3 Å². The van der Waals surface area contributed by atoms with Gasteiger partial charge in [-0.2, -0.15) is 0 Å². The molecule has 148 valence electrons. The Labute approximate surface area is 171 Å². The van der Waals surface area contributed by atoms with Crippen LogP contribution in [0.5, 0.6) is 0 Å². The van der Waals surface area contributed by atoms with Crippen LogP contribution in [-0.2, 0) is 28.4 Å². The Kier molecular flexibility index (Phi) is 12.2. The van der Waals surface area contributed by atoms with E-state index in [0.29, 0.717) is 17.7 Å². The normalized spacial score (nSPS) is 17.1. The van der Waals surface area contributed by atoms with Crippen LogP contribution in [0.2, 0.25) is 0 Å². The average molecular weight is 399 g/mol. The van der Waals surface area contributed by atoms with Gasteiger partial charge in [0.25, 0.3) is 0 Å². The summed E-state index contributed by atoms with van der Waals surface area (Å²) in [6, 6.07) is 11.0. The predicted molar refractivity (Wildman–Crippen MR) is 107 cm³/mol. The maximum absolute atomic E-state index is 12.2. The van der Waals surface area contributed by atoms with Crippen molar-refractivity contribution in [1.29, 1.82) is 0 Å². The topological polar surface area (TPSA) is 20.3 Å². The summed E-state index contributed by atoms with van der Waals surface area (Å²) >= 11 is 0. The number of hydrogen-bond donors (Lipinski definition) is 0. The van der Waals surface area contributed by atoms with Crippen molar-refractivity contribution in [2.45, 2.75) is 90.6 Å². The van der Waals surface area contributed by atoms with Gasteiger partial charge in [0.05, 0.1) is 0 Å². The fraction of sp³-hybridized carbons (Fsp3) is 0.696. The van der Waals surface area contributed by atoms with E-state index in [-0.39, 0.29) is 17.1 Å². The Morgan fingerprint density at radius 2 is 1.50 bits per heavy atom. The second kappa shape index (κ2) is 13.5. The predicted octanol–water partition coefficient (Wildman–Crippen LogP) is 5.99. The van der Waals surface area contributed by atoms with Crippen LogP contribution in [0.3, 0.4) is 0 Å². The third-order valence-corrected chi connectivity index (χ3v) is 5.66. The molecule has 0 radical (unpaired) electrons. The van der Waals surface area contributed by atoms with Gasteiger partial charge in [0.1, 0.15) is 5.78 Å². The number of carbonyl (C=O) groups excluding carboxylic acids is 1. The Hall–Kier alpha value is -0.631. The number of ketones is 1. The van der Waals surface area contributed by atoms with E-state index in [1.165, 1.54) is 50.5 Å². The van der Waals surface area contributed by atoms with Crippen molar-refractivity contribution in [2.75, 3.05) is 6.54 Å². The van der Waals surface area contributed by atoms with Crippen LogP contribution in [0.15, 0.2) is 30.3 Å². The van der Waals surface area contributed by atoms with Crippen molar-refractivity contribution < 1.29 is 21.9 Å². The molecule has 0 unspecified atom stereocenters. The summed E-state index contributed by atoms with van der Waals surface area (Å²) in [6.07, 6.45) is 13.0. The molecule has 2 nitrogen and oxygen atoms in total. The number of rotatable bonds is 7. The van der Waals surface area contributed by atoms with Gasteiger partial charge in [0.15, 0.2) is 0 Å². The van der Waals surface area contributed by atoms with Crippen LogP contribution >= 0.6 is 0 Å². The van der Waals surface area contributed by atoms with Crippen molar-refractivity contribution in [3.63, 3.8) is 0 Å². The van der Waals surface area contributed by atoms with Gasteiger partial charge in [-0.15, -0.1) is 0 Å². The Bertz CT molecular complexity index is 471. The molecule has 1 aromatic rings. The third kappa shape index (κ3) is 8.84. The zero-order chi connectivity index (χ0) is 17.9. The van der Waals surface area contributed by atoms with E-state index in [1.807, 2.05) is 6.07 Å². The fourth-order valence-corrected chi connectivity index (χ4v) is 3.93. The van der Waals surface area contributed by atoms with E-state index >= 15 is 0 Å². The molecular weight excluding hydrogens is 362 g/mol. The van der Waals surface area contributed by atoms with E-state index < -0.39 is 0 Å². The van der Waals surface area contributed by atoms with Crippen molar-refractivity contribution >= 4 is 5.78 Å². The first kappa shape index (κ1) is 23.4. The van der Waals surface area contributed by atoms with Crippen molar-refractivity contribution in [2.24, 2.45) is 5.92 Å². The molecule has 0 bridgehead atoms. The molecular formula is C23H37FeNO. The molecule has 0 amide bonds. The van der Waals surface area contributed by atoms with Crippen LogP contribution in [0.1, 0.15) is 83.6 Å². The van der Waals surface area contributed by atoms with Crippen LogP contribution in [0.4, 0.5) is 0 Å². The minimum Gasteiger partial charge on any atom is -0.299 e. The minimum absolute atomic E-state index is 0. The van der Waals surface area contributed by atoms with E-state index in [1.54, 1.807) is 0 Å². The third-order valence-electron chi connectivity index (χ3n) is 5.66. The first-order chi connectivity index (χ1) is 12.2. The number of Topliss-reactive ketones (excluding diaryl/α,β-unsaturated/α-hetero) is 1. The molecule has 1 aromatic carbocycles. The van der Waals surface area contributed by atoms with Gasteiger partial charge in [-0.3, -0.25) is 9.69 Å². The van der Waals surface area contributed by atoms with Gasteiger partial charge < -0.3 is 0 Å². The zero-order valence-electron chi connectivity index (χ0n) is 16.7.